The highest BCUT2D eigenvalue weighted by atomic mass is 35.5. The summed E-state index contributed by atoms with van der Waals surface area (Å²) in [5.41, 5.74) is 0. The van der Waals surface area contributed by atoms with E-state index in [0.717, 1.165) is 28.6 Å². The van der Waals surface area contributed by atoms with Gasteiger partial charge in [0.05, 0.1) is 10.9 Å². The van der Waals surface area contributed by atoms with E-state index in [0.29, 0.717) is 19.8 Å². The Balaban J connectivity index is 1.96. The lowest BCUT2D eigenvalue weighted by molar-refractivity contribution is -0.138. The SMILES string of the molecule is CCN(Cc1ccc(Cl)s1)C(=O)C1CCOCC1. The molecule has 18 heavy (non-hydrogen) atoms. The molecule has 0 spiro atoms. The van der Waals surface area contributed by atoms with E-state index in [1.165, 1.54) is 0 Å². The molecule has 0 N–H and O–H groups in total. The van der Waals surface area contributed by atoms with Crippen LogP contribution in [0.5, 0.6) is 0 Å². The summed E-state index contributed by atoms with van der Waals surface area (Å²) in [6, 6.07) is 3.88. The second kappa shape index (κ2) is 6.55. The standard InChI is InChI=1S/C13H18ClNO2S/c1-2-15(9-11-3-4-12(14)18-11)13(16)10-5-7-17-8-6-10/h3-4,10H,2,5-9H2,1H3. The molecule has 2 rings (SSSR count). The molecule has 0 radical (unpaired) electrons. The number of rotatable bonds is 4. The van der Waals surface area contributed by atoms with Crippen LogP contribution in [0.4, 0.5) is 0 Å². The van der Waals surface area contributed by atoms with E-state index in [4.69, 9.17) is 16.3 Å². The van der Waals surface area contributed by atoms with Gasteiger partial charge in [-0.25, -0.2) is 0 Å². The molecule has 0 saturated carbocycles. The fourth-order valence-electron chi connectivity index (χ4n) is 2.17. The summed E-state index contributed by atoms with van der Waals surface area (Å²) in [4.78, 5) is 15.4. The molecule has 1 aromatic rings. The molecule has 2 heterocycles. The Hall–Kier alpha value is -0.580. The van der Waals surface area contributed by atoms with Gasteiger partial charge in [-0.1, -0.05) is 11.6 Å². The average molecular weight is 288 g/mol. The van der Waals surface area contributed by atoms with Crippen LogP contribution in [0, 0.1) is 5.92 Å². The van der Waals surface area contributed by atoms with E-state index in [9.17, 15) is 4.79 Å². The number of ether oxygens (including phenoxy) is 1. The van der Waals surface area contributed by atoms with Crippen molar-refractivity contribution >= 4 is 28.8 Å². The molecule has 0 atom stereocenters. The van der Waals surface area contributed by atoms with Crippen LogP contribution >= 0.6 is 22.9 Å². The van der Waals surface area contributed by atoms with Crippen LogP contribution in [-0.4, -0.2) is 30.6 Å². The van der Waals surface area contributed by atoms with Gasteiger partial charge in [0.25, 0.3) is 0 Å². The molecule has 1 aliphatic rings. The molecule has 1 amide bonds. The van der Waals surface area contributed by atoms with Crippen molar-refractivity contribution < 1.29 is 9.53 Å². The predicted molar refractivity (Wildman–Crippen MR) is 74.0 cm³/mol. The van der Waals surface area contributed by atoms with E-state index in [1.807, 2.05) is 24.0 Å². The number of hydrogen-bond acceptors (Lipinski definition) is 3. The molecular formula is C13H18ClNO2S. The Morgan fingerprint density at radius 1 is 1.50 bits per heavy atom. The summed E-state index contributed by atoms with van der Waals surface area (Å²) in [6.07, 6.45) is 1.70. The van der Waals surface area contributed by atoms with Crippen molar-refractivity contribution in [3.05, 3.63) is 21.3 Å². The Bertz CT molecular complexity index is 401. The molecular weight excluding hydrogens is 270 g/mol. The highest BCUT2D eigenvalue weighted by Gasteiger charge is 2.25. The number of hydrogen-bond donors (Lipinski definition) is 0. The molecule has 100 valence electrons. The first kappa shape index (κ1) is 13.8. The molecule has 1 aliphatic heterocycles. The lowest BCUT2D eigenvalue weighted by Crippen LogP contribution is -2.37. The van der Waals surface area contributed by atoms with Crippen molar-refractivity contribution in [2.24, 2.45) is 5.92 Å². The Labute approximate surface area is 117 Å². The summed E-state index contributed by atoms with van der Waals surface area (Å²) in [5, 5.41) is 0. The third-order valence-corrected chi connectivity index (χ3v) is 4.46. The summed E-state index contributed by atoms with van der Waals surface area (Å²) in [6.45, 7) is 4.85. The Morgan fingerprint density at radius 2 is 2.22 bits per heavy atom. The maximum atomic E-state index is 12.4. The Kier molecular flexibility index (Phi) is 5.03. The molecule has 5 heteroatoms. The smallest absolute Gasteiger partial charge is 0.226 e. The monoisotopic (exact) mass is 287 g/mol. The first-order valence-corrected chi connectivity index (χ1v) is 7.51. The minimum Gasteiger partial charge on any atom is -0.381 e. The molecule has 0 aliphatic carbocycles. The van der Waals surface area contributed by atoms with E-state index in [2.05, 4.69) is 0 Å². The van der Waals surface area contributed by atoms with Gasteiger partial charge in [-0.3, -0.25) is 4.79 Å². The number of halogens is 1. The van der Waals surface area contributed by atoms with Crippen molar-refractivity contribution in [2.45, 2.75) is 26.3 Å². The minimum atomic E-state index is 0.133. The van der Waals surface area contributed by atoms with Crippen LogP contribution in [0.25, 0.3) is 0 Å². The minimum absolute atomic E-state index is 0.133. The van der Waals surface area contributed by atoms with Gasteiger partial charge in [-0.05, 0) is 31.9 Å². The highest BCUT2D eigenvalue weighted by molar-refractivity contribution is 7.16. The van der Waals surface area contributed by atoms with Crippen LogP contribution < -0.4 is 0 Å². The number of carbonyl (C=O) groups is 1. The summed E-state index contributed by atoms with van der Waals surface area (Å²) >= 11 is 7.46. The average Bonchev–Trinajstić information content (AvgIpc) is 2.82. The molecule has 0 aromatic carbocycles. The van der Waals surface area contributed by atoms with Gasteiger partial charge < -0.3 is 9.64 Å². The maximum Gasteiger partial charge on any atom is 0.226 e. The van der Waals surface area contributed by atoms with Crippen molar-refractivity contribution in [3.8, 4) is 0 Å². The summed E-state index contributed by atoms with van der Waals surface area (Å²) in [7, 11) is 0. The lowest BCUT2D eigenvalue weighted by Gasteiger charge is -2.28. The highest BCUT2D eigenvalue weighted by Crippen LogP contribution is 2.24. The number of thiophene rings is 1. The van der Waals surface area contributed by atoms with Crippen molar-refractivity contribution in [2.75, 3.05) is 19.8 Å². The summed E-state index contributed by atoms with van der Waals surface area (Å²) < 4.78 is 6.08. The molecule has 1 aromatic heterocycles. The molecule has 0 bridgehead atoms. The molecule has 0 unspecified atom stereocenters. The zero-order valence-electron chi connectivity index (χ0n) is 10.5. The van der Waals surface area contributed by atoms with Gasteiger partial charge in [0.2, 0.25) is 5.91 Å². The molecule has 3 nitrogen and oxygen atoms in total. The van der Waals surface area contributed by atoms with Crippen molar-refractivity contribution in [1.82, 2.24) is 4.90 Å². The van der Waals surface area contributed by atoms with Crippen LogP contribution in [0.1, 0.15) is 24.6 Å². The topological polar surface area (TPSA) is 29.5 Å². The van der Waals surface area contributed by atoms with Crippen LogP contribution in [-0.2, 0) is 16.1 Å². The first-order valence-electron chi connectivity index (χ1n) is 6.31. The fraction of sp³-hybridized carbons (Fsp3) is 0.615. The lowest BCUT2D eigenvalue weighted by atomic mass is 9.98. The van der Waals surface area contributed by atoms with Crippen molar-refractivity contribution in [3.63, 3.8) is 0 Å². The van der Waals surface area contributed by atoms with Crippen LogP contribution in [0.3, 0.4) is 0 Å². The van der Waals surface area contributed by atoms with Crippen LogP contribution in [0.15, 0.2) is 12.1 Å². The molecule has 1 saturated heterocycles. The maximum absolute atomic E-state index is 12.4. The number of carbonyl (C=O) groups excluding carboxylic acids is 1. The van der Waals surface area contributed by atoms with Crippen molar-refractivity contribution in [1.29, 1.82) is 0 Å². The van der Waals surface area contributed by atoms with Gasteiger partial charge in [-0.15, -0.1) is 11.3 Å². The van der Waals surface area contributed by atoms with E-state index < -0.39 is 0 Å². The first-order chi connectivity index (χ1) is 8.70. The second-order valence-electron chi connectivity index (χ2n) is 4.44. The fourth-order valence-corrected chi connectivity index (χ4v) is 3.28. The van der Waals surface area contributed by atoms with Gasteiger partial charge in [0, 0.05) is 30.6 Å². The molecule has 1 fully saturated rings. The number of amides is 1. The summed E-state index contributed by atoms with van der Waals surface area (Å²) in [5.74, 6) is 0.388. The van der Waals surface area contributed by atoms with E-state index in [1.54, 1.807) is 11.3 Å². The number of nitrogens with zero attached hydrogens (tertiary/aromatic N) is 1. The van der Waals surface area contributed by atoms with E-state index >= 15 is 0 Å². The normalized spacial score (nSPS) is 16.8. The third kappa shape index (κ3) is 3.46. The van der Waals surface area contributed by atoms with Gasteiger partial charge in [0.1, 0.15) is 0 Å². The van der Waals surface area contributed by atoms with Gasteiger partial charge in [0.15, 0.2) is 0 Å². The van der Waals surface area contributed by atoms with Gasteiger partial charge in [-0.2, -0.15) is 0 Å². The quantitative estimate of drug-likeness (QED) is 0.851. The zero-order chi connectivity index (χ0) is 13.0. The van der Waals surface area contributed by atoms with Gasteiger partial charge >= 0.3 is 0 Å². The predicted octanol–water partition coefficient (Wildman–Crippen LogP) is 3.18. The third-order valence-electron chi connectivity index (χ3n) is 3.24. The zero-order valence-corrected chi connectivity index (χ0v) is 12.1. The largest absolute Gasteiger partial charge is 0.381 e. The van der Waals surface area contributed by atoms with E-state index in [-0.39, 0.29) is 11.8 Å². The Morgan fingerprint density at radius 3 is 2.78 bits per heavy atom. The van der Waals surface area contributed by atoms with Crippen LogP contribution in [0.2, 0.25) is 4.34 Å². The second-order valence-corrected chi connectivity index (χ2v) is 6.24.